The van der Waals surface area contributed by atoms with Gasteiger partial charge in [-0.05, 0) is 0 Å². The molecular formula is C22H21ClNRu. The molecule has 0 saturated heterocycles. The zero-order valence-corrected chi connectivity index (χ0v) is 16.5. The number of nitrogens with zero attached hydrogens (tertiary/aromatic N) is 1. The van der Waals surface area contributed by atoms with Gasteiger partial charge in [-0.2, -0.15) is 0 Å². The van der Waals surface area contributed by atoms with Crippen LogP contribution in [0, 0.1) is 0 Å². The van der Waals surface area contributed by atoms with Crippen molar-refractivity contribution in [2.75, 3.05) is 0 Å². The van der Waals surface area contributed by atoms with Gasteiger partial charge >= 0.3 is 162 Å². The molecule has 3 rings (SSSR count). The number of benzene rings is 3. The number of hydrogen-bond acceptors (Lipinski definition) is 1. The molecule has 0 aromatic heterocycles. The van der Waals surface area contributed by atoms with Gasteiger partial charge < -0.3 is 0 Å². The van der Waals surface area contributed by atoms with Crippen LogP contribution in [0.15, 0.2) is 84.9 Å². The van der Waals surface area contributed by atoms with E-state index >= 15 is 0 Å². The van der Waals surface area contributed by atoms with E-state index in [1.165, 1.54) is 22.3 Å². The van der Waals surface area contributed by atoms with Crippen molar-refractivity contribution in [3.8, 4) is 0 Å². The Balaban J connectivity index is 1.83. The Morgan fingerprint density at radius 2 is 1.20 bits per heavy atom. The van der Waals surface area contributed by atoms with Crippen LogP contribution in [0.4, 0.5) is 0 Å². The summed E-state index contributed by atoms with van der Waals surface area (Å²) in [5.74, 6) is 0. The van der Waals surface area contributed by atoms with Crippen molar-refractivity contribution in [2.24, 2.45) is 0 Å². The first-order chi connectivity index (χ1) is 12.3. The molecule has 0 aliphatic carbocycles. The van der Waals surface area contributed by atoms with Crippen LogP contribution < -0.4 is 0 Å². The summed E-state index contributed by atoms with van der Waals surface area (Å²) in [5, 5.41) is 0. The number of hydrogen-bond donors (Lipinski definition) is 0. The summed E-state index contributed by atoms with van der Waals surface area (Å²) in [6.07, 6.45) is 0. The molecule has 25 heavy (non-hydrogen) atoms. The quantitative estimate of drug-likeness (QED) is 0.457. The average Bonchev–Trinajstić information content (AvgIpc) is 2.65. The topological polar surface area (TPSA) is 3.24 Å². The van der Waals surface area contributed by atoms with E-state index < -0.39 is 0 Å². The summed E-state index contributed by atoms with van der Waals surface area (Å²) in [6, 6.07) is 29.9. The first kappa shape index (κ1) is 18.2. The molecule has 0 heterocycles. The maximum absolute atomic E-state index is 6.02. The van der Waals surface area contributed by atoms with E-state index in [1.807, 2.05) is 0 Å². The molecule has 1 nitrogen and oxygen atoms in total. The van der Waals surface area contributed by atoms with E-state index in [-0.39, 0.29) is 15.7 Å². The van der Waals surface area contributed by atoms with Crippen molar-refractivity contribution >= 4 is 14.3 Å². The molecule has 0 spiro atoms. The van der Waals surface area contributed by atoms with Gasteiger partial charge in [-0.1, -0.05) is 0 Å². The standard InChI is InChI=1S/C22H21N.ClH.Ru/c1-19-10-8-9-15-22(19)18-23(16-20-11-4-2-5-12-20)17-21-13-6-3-7-14-21;;/h1-15H,16-18H2;1H;/q;;+1/p-1. The van der Waals surface area contributed by atoms with Gasteiger partial charge in [0, 0.05) is 0 Å². The summed E-state index contributed by atoms with van der Waals surface area (Å²) in [4.78, 5) is 2.49. The minimum atomic E-state index is -0.216. The van der Waals surface area contributed by atoms with Crippen molar-refractivity contribution in [2.45, 2.75) is 19.6 Å². The van der Waals surface area contributed by atoms with Crippen molar-refractivity contribution in [1.82, 2.24) is 4.90 Å². The zero-order valence-electron chi connectivity index (χ0n) is 14.0. The molecule has 0 bridgehead atoms. The predicted octanol–water partition coefficient (Wildman–Crippen LogP) is 5.28. The third-order valence-corrected chi connectivity index (χ3v) is 5.28. The van der Waals surface area contributed by atoms with Crippen LogP contribution in [-0.4, -0.2) is 9.51 Å². The Bertz CT molecular complexity index is 761. The molecule has 0 aliphatic heterocycles. The first-order valence-corrected chi connectivity index (χ1v) is 11.5. The van der Waals surface area contributed by atoms with E-state index in [4.69, 9.17) is 9.69 Å². The van der Waals surface area contributed by atoms with Crippen LogP contribution in [0.1, 0.15) is 22.3 Å². The molecule has 0 radical (unpaired) electrons. The fourth-order valence-electron chi connectivity index (χ4n) is 2.91. The van der Waals surface area contributed by atoms with E-state index in [0.717, 1.165) is 19.6 Å². The van der Waals surface area contributed by atoms with E-state index in [9.17, 15) is 0 Å². The number of halogens is 1. The van der Waals surface area contributed by atoms with Crippen molar-refractivity contribution < 1.29 is 15.7 Å². The monoisotopic (exact) mass is 436 g/mol. The second kappa shape index (κ2) is 9.77. The molecule has 3 aromatic rings. The van der Waals surface area contributed by atoms with Crippen molar-refractivity contribution in [3.05, 3.63) is 107 Å². The summed E-state index contributed by atoms with van der Waals surface area (Å²) in [7, 11) is 6.02. The Hall–Kier alpha value is -1.60. The molecule has 0 unspecified atom stereocenters. The predicted molar refractivity (Wildman–Crippen MR) is 103 cm³/mol. The van der Waals surface area contributed by atoms with Gasteiger partial charge in [0.1, 0.15) is 0 Å². The Morgan fingerprint density at radius 1 is 0.680 bits per heavy atom. The van der Waals surface area contributed by atoms with Crippen LogP contribution in [0.25, 0.3) is 0 Å². The van der Waals surface area contributed by atoms with Gasteiger partial charge in [0.2, 0.25) is 0 Å². The molecule has 129 valence electrons. The molecule has 3 aromatic carbocycles. The van der Waals surface area contributed by atoms with E-state index in [1.54, 1.807) is 0 Å². The molecule has 0 saturated carbocycles. The zero-order chi connectivity index (χ0) is 17.3. The second-order valence-electron chi connectivity index (χ2n) is 5.99. The number of rotatable bonds is 7. The maximum atomic E-state index is 6.02. The fourth-order valence-corrected chi connectivity index (χ4v) is 4.10. The van der Waals surface area contributed by atoms with Gasteiger partial charge in [0.15, 0.2) is 0 Å². The van der Waals surface area contributed by atoms with Crippen molar-refractivity contribution in [1.29, 1.82) is 0 Å². The third kappa shape index (κ3) is 5.71. The molecule has 0 aliphatic rings. The summed E-state index contributed by atoms with van der Waals surface area (Å²) in [6.45, 7) is 2.77. The van der Waals surface area contributed by atoms with Gasteiger partial charge in [0.25, 0.3) is 0 Å². The summed E-state index contributed by atoms with van der Waals surface area (Å²) >= 11 is -0.216. The second-order valence-corrected chi connectivity index (χ2v) is 7.79. The Labute approximate surface area is 161 Å². The van der Waals surface area contributed by atoms with Crippen LogP contribution in [-0.2, 0) is 35.3 Å². The van der Waals surface area contributed by atoms with Crippen LogP contribution >= 0.6 is 9.69 Å². The third-order valence-electron chi connectivity index (χ3n) is 4.10. The molecule has 0 amide bonds. The van der Waals surface area contributed by atoms with Crippen LogP contribution in [0.3, 0.4) is 0 Å². The molecule has 3 heteroatoms. The van der Waals surface area contributed by atoms with Crippen LogP contribution in [0.5, 0.6) is 0 Å². The molecule has 0 atom stereocenters. The van der Waals surface area contributed by atoms with Gasteiger partial charge in [-0.3, -0.25) is 0 Å². The van der Waals surface area contributed by atoms with Gasteiger partial charge in [0.05, 0.1) is 0 Å². The molecule has 0 N–H and O–H groups in total. The Kier molecular flexibility index (Phi) is 7.12. The van der Waals surface area contributed by atoms with Crippen molar-refractivity contribution in [3.63, 3.8) is 0 Å². The summed E-state index contributed by atoms with van der Waals surface area (Å²) in [5.41, 5.74) is 5.28. The minimum absolute atomic E-state index is 0.216. The van der Waals surface area contributed by atoms with Gasteiger partial charge in [-0.25, -0.2) is 0 Å². The van der Waals surface area contributed by atoms with E-state index in [2.05, 4.69) is 94.4 Å². The Morgan fingerprint density at radius 3 is 1.76 bits per heavy atom. The van der Waals surface area contributed by atoms with E-state index in [0.29, 0.717) is 0 Å². The summed E-state index contributed by atoms with van der Waals surface area (Å²) < 4.78 is 2.17. The SMILES string of the molecule is [Cl][Ru]=[CH]c1ccccc1CN(Cc1ccccc1)Cc1ccccc1. The first-order valence-electron chi connectivity index (χ1n) is 8.28. The fraction of sp³-hybridized carbons (Fsp3) is 0.136. The van der Waals surface area contributed by atoms with Gasteiger partial charge in [-0.15, -0.1) is 0 Å². The van der Waals surface area contributed by atoms with Crippen LogP contribution in [0.2, 0.25) is 0 Å². The average molecular weight is 436 g/mol. The normalized spacial score (nSPS) is 11.6. The molecule has 0 fully saturated rings. The molecular weight excluding hydrogens is 415 g/mol.